The highest BCUT2D eigenvalue weighted by Crippen LogP contribution is 1.95. The van der Waals surface area contributed by atoms with Crippen molar-refractivity contribution < 1.29 is 1.37 Å². The summed E-state index contributed by atoms with van der Waals surface area (Å²) in [5.74, 6) is 0. The van der Waals surface area contributed by atoms with E-state index < -0.39 is 0 Å². The minimum atomic E-state index is 0.114. The van der Waals surface area contributed by atoms with E-state index in [0.717, 1.165) is 5.56 Å². The van der Waals surface area contributed by atoms with Crippen molar-refractivity contribution >= 4 is 23.1 Å². The highest BCUT2D eigenvalue weighted by atomic mass is 32.2. The van der Waals surface area contributed by atoms with Crippen LogP contribution in [0.4, 0.5) is 0 Å². The summed E-state index contributed by atoms with van der Waals surface area (Å²) >= 11 is 1.30. The maximum atomic E-state index is 7.56. The molecule has 0 atom stereocenters. The number of hydrogen-bond donors (Lipinski definition) is 1. The summed E-state index contributed by atoms with van der Waals surface area (Å²) in [7, 11) is 0. The van der Waals surface area contributed by atoms with Crippen LogP contribution in [0.2, 0.25) is 0 Å². The van der Waals surface area contributed by atoms with Crippen molar-refractivity contribution in [3.63, 3.8) is 0 Å². The molecule has 0 aliphatic heterocycles. The Morgan fingerprint density at radius 2 is 2.23 bits per heavy atom. The van der Waals surface area contributed by atoms with Gasteiger partial charge in [0, 0.05) is 0 Å². The van der Waals surface area contributed by atoms with Crippen molar-refractivity contribution in [2.75, 3.05) is 6.26 Å². The van der Waals surface area contributed by atoms with E-state index in [1.807, 2.05) is 18.2 Å². The topological polar surface area (TPSA) is 50.7 Å². The SMILES string of the molecule is [2H]/C(=N\N=C(/N)SC)c1ccccc1. The minimum absolute atomic E-state index is 0.114. The van der Waals surface area contributed by atoms with E-state index >= 15 is 0 Å². The molecule has 0 aliphatic carbocycles. The summed E-state index contributed by atoms with van der Waals surface area (Å²) in [6.07, 6.45) is 1.92. The normalized spacial score (nSPS) is 14.1. The predicted molar refractivity (Wildman–Crippen MR) is 59.2 cm³/mol. The van der Waals surface area contributed by atoms with Crippen LogP contribution in [0.5, 0.6) is 0 Å². The van der Waals surface area contributed by atoms with Crippen LogP contribution < -0.4 is 5.73 Å². The molecule has 1 aromatic rings. The van der Waals surface area contributed by atoms with Crippen molar-refractivity contribution in [1.82, 2.24) is 0 Å². The van der Waals surface area contributed by atoms with Gasteiger partial charge in [0.25, 0.3) is 0 Å². The smallest absolute Gasteiger partial charge is 0.180 e. The lowest BCUT2D eigenvalue weighted by Crippen LogP contribution is -2.03. The summed E-state index contributed by atoms with van der Waals surface area (Å²) in [5.41, 5.74) is 6.15. The van der Waals surface area contributed by atoms with E-state index in [0.29, 0.717) is 5.17 Å². The van der Waals surface area contributed by atoms with Crippen LogP contribution in [-0.2, 0) is 0 Å². The van der Waals surface area contributed by atoms with Gasteiger partial charge >= 0.3 is 0 Å². The Morgan fingerprint density at radius 1 is 1.54 bits per heavy atom. The lowest BCUT2D eigenvalue weighted by atomic mass is 10.2. The molecule has 2 N–H and O–H groups in total. The second-order valence-electron chi connectivity index (χ2n) is 2.22. The third-order valence-corrected chi connectivity index (χ3v) is 1.81. The number of nitrogens with zero attached hydrogens (tertiary/aromatic N) is 2. The molecule has 0 radical (unpaired) electrons. The number of hydrogen-bond acceptors (Lipinski definition) is 3. The zero-order chi connectivity index (χ0) is 10.4. The molecule has 0 aromatic heterocycles. The van der Waals surface area contributed by atoms with Crippen LogP contribution >= 0.6 is 11.8 Å². The standard InChI is InChI=1S/C9H11N3S/c1-13-9(10)12-11-7-8-5-3-2-4-6-8/h2-7H,1H3,(H2,10,12)/b11-7+/i7D. The molecule has 0 bridgehead atoms. The number of thioether (sulfide) groups is 1. The van der Waals surface area contributed by atoms with Crippen LogP contribution in [0.25, 0.3) is 0 Å². The molecule has 1 rings (SSSR count). The van der Waals surface area contributed by atoms with E-state index in [1.54, 1.807) is 18.4 Å². The van der Waals surface area contributed by atoms with E-state index in [1.165, 1.54) is 11.8 Å². The van der Waals surface area contributed by atoms with E-state index in [9.17, 15) is 0 Å². The molecule has 0 saturated heterocycles. The largest absolute Gasteiger partial charge is 0.377 e. The van der Waals surface area contributed by atoms with Gasteiger partial charge in [-0.2, -0.15) is 5.10 Å². The Bertz CT molecular complexity index is 348. The number of benzene rings is 1. The maximum Gasteiger partial charge on any atom is 0.180 e. The molecule has 68 valence electrons. The molecule has 0 heterocycles. The summed E-state index contributed by atoms with van der Waals surface area (Å²) in [5, 5.41) is 7.72. The van der Waals surface area contributed by atoms with Crippen molar-refractivity contribution in [3.05, 3.63) is 35.9 Å². The summed E-state index contributed by atoms with van der Waals surface area (Å²) in [6, 6.07) is 9.19. The fraction of sp³-hybridized carbons (Fsp3) is 0.111. The number of nitrogens with two attached hydrogens (primary N) is 1. The second-order valence-corrected chi connectivity index (χ2v) is 3.05. The lowest BCUT2D eigenvalue weighted by molar-refractivity contribution is 1.25. The van der Waals surface area contributed by atoms with E-state index in [2.05, 4.69) is 10.2 Å². The van der Waals surface area contributed by atoms with Gasteiger partial charge in [-0.1, -0.05) is 42.1 Å². The summed E-state index contributed by atoms with van der Waals surface area (Å²) < 4.78 is 7.56. The van der Waals surface area contributed by atoms with Gasteiger partial charge in [0.15, 0.2) is 5.17 Å². The fourth-order valence-corrected chi connectivity index (χ4v) is 0.808. The van der Waals surface area contributed by atoms with Crippen LogP contribution in [0.15, 0.2) is 40.5 Å². The van der Waals surface area contributed by atoms with Crippen molar-refractivity contribution in [2.45, 2.75) is 0 Å². The number of amidine groups is 1. The van der Waals surface area contributed by atoms with Gasteiger partial charge < -0.3 is 5.73 Å². The third-order valence-electron chi connectivity index (χ3n) is 1.31. The highest BCUT2D eigenvalue weighted by Gasteiger charge is 1.84. The minimum Gasteiger partial charge on any atom is -0.377 e. The molecular formula is C9H11N3S. The second kappa shape index (κ2) is 5.37. The lowest BCUT2D eigenvalue weighted by Gasteiger charge is -1.89. The Hall–Kier alpha value is -1.29. The molecule has 3 nitrogen and oxygen atoms in total. The molecule has 0 spiro atoms. The Labute approximate surface area is 83.2 Å². The zero-order valence-electron chi connectivity index (χ0n) is 8.27. The molecule has 0 aliphatic rings. The van der Waals surface area contributed by atoms with Gasteiger partial charge in [0.05, 0.1) is 7.56 Å². The highest BCUT2D eigenvalue weighted by molar-refractivity contribution is 8.13. The van der Waals surface area contributed by atoms with Crippen LogP contribution in [0.3, 0.4) is 0 Å². The molecular weight excluding hydrogens is 182 g/mol. The first-order valence-corrected chi connectivity index (χ1v) is 4.93. The Morgan fingerprint density at radius 3 is 2.85 bits per heavy atom. The predicted octanol–water partition coefficient (Wildman–Crippen LogP) is 1.70. The van der Waals surface area contributed by atoms with Gasteiger partial charge in [-0.3, -0.25) is 0 Å². The fourth-order valence-electron chi connectivity index (χ4n) is 0.686. The van der Waals surface area contributed by atoms with Gasteiger partial charge in [-0.25, -0.2) is 0 Å². The number of rotatable bonds is 2. The molecule has 0 fully saturated rings. The van der Waals surface area contributed by atoms with Crippen molar-refractivity contribution in [2.24, 2.45) is 15.9 Å². The Kier molecular flexibility index (Phi) is 3.44. The zero-order valence-corrected chi connectivity index (χ0v) is 8.08. The molecule has 0 saturated carbocycles. The quantitative estimate of drug-likeness (QED) is 0.442. The van der Waals surface area contributed by atoms with E-state index in [4.69, 9.17) is 7.10 Å². The average Bonchev–Trinajstić information content (AvgIpc) is 2.26. The van der Waals surface area contributed by atoms with Gasteiger partial charge in [0.1, 0.15) is 0 Å². The first-order valence-electron chi connectivity index (χ1n) is 4.21. The van der Waals surface area contributed by atoms with Gasteiger partial charge in [-0.05, 0) is 11.8 Å². The summed E-state index contributed by atoms with van der Waals surface area (Å²) in [6.45, 7) is 0. The Balaban J connectivity index is 2.81. The molecule has 0 unspecified atom stereocenters. The first kappa shape index (κ1) is 8.31. The van der Waals surface area contributed by atoms with E-state index in [-0.39, 0.29) is 6.19 Å². The molecule has 1 aromatic carbocycles. The van der Waals surface area contributed by atoms with Crippen LogP contribution in [-0.4, -0.2) is 17.6 Å². The molecule has 0 amide bonds. The van der Waals surface area contributed by atoms with Crippen molar-refractivity contribution in [1.29, 1.82) is 0 Å². The van der Waals surface area contributed by atoms with Crippen LogP contribution in [0, 0.1) is 0 Å². The maximum absolute atomic E-state index is 7.56. The molecule has 13 heavy (non-hydrogen) atoms. The summed E-state index contributed by atoms with van der Waals surface area (Å²) in [4.78, 5) is 0. The van der Waals surface area contributed by atoms with Crippen LogP contribution in [0.1, 0.15) is 6.93 Å². The third kappa shape index (κ3) is 3.75. The van der Waals surface area contributed by atoms with Crippen molar-refractivity contribution in [3.8, 4) is 0 Å². The van der Waals surface area contributed by atoms with Gasteiger partial charge in [0.2, 0.25) is 0 Å². The molecule has 4 heteroatoms. The first-order chi connectivity index (χ1) is 6.74. The van der Waals surface area contributed by atoms with Gasteiger partial charge in [-0.15, -0.1) is 5.10 Å². The average molecular weight is 194 g/mol. The monoisotopic (exact) mass is 194 g/mol.